The fourth-order valence-electron chi connectivity index (χ4n) is 1.11. The maximum atomic E-state index is 9.64. The summed E-state index contributed by atoms with van der Waals surface area (Å²) >= 11 is 0. The van der Waals surface area contributed by atoms with Crippen LogP contribution in [0.25, 0.3) is 0 Å². The molecule has 2 atom stereocenters. The molecule has 0 bridgehead atoms. The molecule has 2 unspecified atom stereocenters. The topological polar surface area (TPSA) is 59.4 Å². The highest BCUT2D eigenvalue weighted by Gasteiger charge is 2.19. The Hall–Kier alpha value is -0.800. The average molecular weight is 169 g/mol. The molecule has 0 fully saturated rings. The largest absolute Gasteiger partial charge is 0.466 e. The van der Waals surface area contributed by atoms with Crippen molar-refractivity contribution in [2.24, 2.45) is 5.73 Å². The van der Waals surface area contributed by atoms with Crippen molar-refractivity contribution in [1.82, 2.24) is 0 Å². The van der Waals surface area contributed by atoms with E-state index in [1.54, 1.807) is 6.26 Å². The highest BCUT2D eigenvalue weighted by molar-refractivity contribution is 5.17. The zero-order chi connectivity index (χ0) is 9.14. The third kappa shape index (κ3) is 1.68. The van der Waals surface area contributed by atoms with Crippen LogP contribution in [0.2, 0.25) is 0 Å². The van der Waals surface area contributed by atoms with E-state index in [0.717, 1.165) is 12.0 Å². The Labute approximate surface area is 72.2 Å². The van der Waals surface area contributed by atoms with Crippen LogP contribution in [0, 0.1) is 6.92 Å². The summed E-state index contributed by atoms with van der Waals surface area (Å²) in [6.07, 6.45) is 1.63. The van der Waals surface area contributed by atoms with Gasteiger partial charge in [-0.3, -0.25) is 0 Å². The maximum absolute atomic E-state index is 9.64. The standard InChI is InChI=1S/C9H15NO2/c1-3-7(10)8(11)9-6(2)4-5-12-9/h4-5,7-8,11H,3,10H2,1-2H3. The molecule has 68 valence electrons. The second-order valence-corrected chi connectivity index (χ2v) is 2.98. The first kappa shape index (κ1) is 9.29. The van der Waals surface area contributed by atoms with Gasteiger partial charge < -0.3 is 15.3 Å². The van der Waals surface area contributed by atoms with Gasteiger partial charge in [-0.1, -0.05) is 6.92 Å². The van der Waals surface area contributed by atoms with Crippen molar-refractivity contribution in [2.75, 3.05) is 0 Å². The van der Waals surface area contributed by atoms with Gasteiger partial charge in [0.15, 0.2) is 0 Å². The van der Waals surface area contributed by atoms with Crippen molar-refractivity contribution in [1.29, 1.82) is 0 Å². The molecule has 1 aromatic heterocycles. The Kier molecular flexibility index (Phi) is 2.89. The van der Waals surface area contributed by atoms with Gasteiger partial charge >= 0.3 is 0 Å². The lowest BCUT2D eigenvalue weighted by molar-refractivity contribution is 0.118. The number of aliphatic hydroxyl groups is 1. The predicted octanol–water partition coefficient (Wildman–Crippen LogP) is 1.36. The number of hydrogen-bond acceptors (Lipinski definition) is 3. The van der Waals surface area contributed by atoms with Gasteiger partial charge in [0, 0.05) is 6.04 Å². The van der Waals surface area contributed by atoms with Crippen molar-refractivity contribution < 1.29 is 9.52 Å². The fourth-order valence-corrected chi connectivity index (χ4v) is 1.11. The fraction of sp³-hybridized carbons (Fsp3) is 0.556. The van der Waals surface area contributed by atoms with E-state index in [0.29, 0.717) is 5.76 Å². The van der Waals surface area contributed by atoms with Gasteiger partial charge in [-0.2, -0.15) is 0 Å². The van der Waals surface area contributed by atoms with Gasteiger partial charge in [0.2, 0.25) is 0 Å². The van der Waals surface area contributed by atoms with E-state index in [4.69, 9.17) is 10.2 Å². The molecule has 0 aliphatic carbocycles. The van der Waals surface area contributed by atoms with Crippen molar-refractivity contribution in [3.8, 4) is 0 Å². The molecule has 1 aromatic rings. The van der Waals surface area contributed by atoms with Crippen LogP contribution in [0.15, 0.2) is 16.7 Å². The maximum Gasteiger partial charge on any atom is 0.136 e. The molecule has 0 aromatic carbocycles. The summed E-state index contributed by atoms with van der Waals surface area (Å²) in [4.78, 5) is 0. The molecule has 3 N–H and O–H groups in total. The lowest BCUT2D eigenvalue weighted by atomic mass is 10.1. The molecule has 0 spiro atoms. The number of aryl methyl sites for hydroxylation is 1. The average Bonchev–Trinajstić information content (AvgIpc) is 2.48. The zero-order valence-corrected chi connectivity index (χ0v) is 7.45. The first-order valence-electron chi connectivity index (χ1n) is 4.14. The van der Waals surface area contributed by atoms with Gasteiger partial charge in [-0.25, -0.2) is 0 Å². The molecule has 3 nitrogen and oxygen atoms in total. The van der Waals surface area contributed by atoms with E-state index in [9.17, 15) is 5.11 Å². The monoisotopic (exact) mass is 169 g/mol. The van der Waals surface area contributed by atoms with Crippen LogP contribution >= 0.6 is 0 Å². The molecular weight excluding hydrogens is 154 g/mol. The Bertz CT molecular complexity index is 244. The summed E-state index contributed by atoms with van der Waals surface area (Å²) in [5.41, 5.74) is 6.62. The van der Waals surface area contributed by atoms with Crippen LogP contribution in [-0.2, 0) is 0 Å². The lowest BCUT2D eigenvalue weighted by Crippen LogP contribution is -2.27. The van der Waals surface area contributed by atoms with Gasteiger partial charge in [0.25, 0.3) is 0 Å². The van der Waals surface area contributed by atoms with Gasteiger partial charge in [-0.05, 0) is 25.0 Å². The summed E-state index contributed by atoms with van der Waals surface area (Å²) in [5.74, 6) is 0.587. The van der Waals surface area contributed by atoms with E-state index in [-0.39, 0.29) is 6.04 Å². The molecule has 0 aliphatic rings. The van der Waals surface area contributed by atoms with Gasteiger partial charge in [-0.15, -0.1) is 0 Å². The minimum atomic E-state index is -0.676. The highest BCUT2D eigenvalue weighted by Crippen LogP contribution is 2.21. The molecule has 3 heteroatoms. The molecule has 0 saturated carbocycles. The van der Waals surface area contributed by atoms with Crippen molar-refractivity contribution in [2.45, 2.75) is 32.4 Å². The summed E-state index contributed by atoms with van der Waals surface area (Å²) in [7, 11) is 0. The molecule has 1 rings (SSSR count). The molecular formula is C9H15NO2. The molecule has 1 heterocycles. The van der Waals surface area contributed by atoms with Crippen LogP contribution in [-0.4, -0.2) is 11.1 Å². The highest BCUT2D eigenvalue weighted by atomic mass is 16.4. The van der Waals surface area contributed by atoms with E-state index in [2.05, 4.69) is 0 Å². The normalized spacial score (nSPS) is 16.0. The first-order chi connectivity index (χ1) is 5.66. The van der Waals surface area contributed by atoms with Crippen LogP contribution in [0.4, 0.5) is 0 Å². The second kappa shape index (κ2) is 3.74. The van der Waals surface area contributed by atoms with Crippen LogP contribution in [0.5, 0.6) is 0 Å². The smallest absolute Gasteiger partial charge is 0.136 e. The Morgan fingerprint density at radius 1 is 1.67 bits per heavy atom. The lowest BCUT2D eigenvalue weighted by Gasteiger charge is -2.15. The molecule has 0 aliphatic heterocycles. The van der Waals surface area contributed by atoms with Crippen LogP contribution in [0.3, 0.4) is 0 Å². The van der Waals surface area contributed by atoms with Gasteiger partial charge in [0.1, 0.15) is 11.9 Å². The minimum Gasteiger partial charge on any atom is -0.466 e. The molecule has 0 radical (unpaired) electrons. The zero-order valence-electron chi connectivity index (χ0n) is 7.45. The summed E-state index contributed by atoms with van der Waals surface area (Å²) in [6, 6.07) is 1.58. The third-order valence-corrected chi connectivity index (χ3v) is 2.05. The second-order valence-electron chi connectivity index (χ2n) is 2.98. The Morgan fingerprint density at radius 3 is 2.75 bits per heavy atom. The number of rotatable bonds is 3. The van der Waals surface area contributed by atoms with Crippen molar-refractivity contribution in [3.63, 3.8) is 0 Å². The predicted molar refractivity (Wildman–Crippen MR) is 46.7 cm³/mol. The van der Waals surface area contributed by atoms with Crippen LogP contribution in [0.1, 0.15) is 30.8 Å². The van der Waals surface area contributed by atoms with Crippen LogP contribution < -0.4 is 5.73 Å². The van der Waals surface area contributed by atoms with E-state index in [1.165, 1.54) is 0 Å². The summed E-state index contributed by atoms with van der Waals surface area (Å²) in [5, 5.41) is 9.64. The number of aliphatic hydroxyl groups excluding tert-OH is 1. The third-order valence-electron chi connectivity index (χ3n) is 2.05. The first-order valence-corrected chi connectivity index (χ1v) is 4.14. The number of nitrogens with two attached hydrogens (primary N) is 1. The van der Waals surface area contributed by atoms with E-state index in [1.807, 2.05) is 19.9 Å². The Morgan fingerprint density at radius 2 is 2.33 bits per heavy atom. The van der Waals surface area contributed by atoms with Crippen molar-refractivity contribution >= 4 is 0 Å². The molecule has 12 heavy (non-hydrogen) atoms. The van der Waals surface area contributed by atoms with Crippen molar-refractivity contribution in [3.05, 3.63) is 23.7 Å². The molecule has 0 saturated heterocycles. The SMILES string of the molecule is CCC(N)C(O)c1occc1C. The minimum absolute atomic E-state index is 0.241. The molecule has 0 amide bonds. The number of furan rings is 1. The summed E-state index contributed by atoms with van der Waals surface area (Å²) in [6.45, 7) is 3.83. The van der Waals surface area contributed by atoms with E-state index < -0.39 is 6.10 Å². The van der Waals surface area contributed by atoms with E-state index >= 15 is 0 Å². The number of hydrogen-bond donors (Lipinski definition) is 2. The summed E-state index contributed by atoms with van der Waals surface area (Å²) < 4.78 is 5.12. The quantitative estimate of drug-likeness (QED) is 0.718. The Balaban J connectivity index is 2.77. The van der Waals surface area contributed by atoms with Gasteiger partial charge in [0.05, 0.1) is 6.26 Å².